The van der Waals surface area contributed by atoms with Crippen LogP contribution in [0, 0.1) is 6.92 Å². The summed E-state index contributed by atoms with van der Waals surface area (Å²) in [6, 6.07) is 8.17. The van der Waals surface area contributed by atoms with E-state index < -0.39 is 0 Å². The molecule has 0 radical (unpaired) electrons. The van der Waals surface area contributed by atoms with Crippen LogP contribution in [0.25, 0.3) is 11.4 Å². The van der Waals surface area contributed by atoms with Crippen LogP contribution in [0.2, 0.25) is 0 Å². The summed E-state index contributed by atoms with van der Waals surface area (Å²) in [6.45, 7) is 2.87. The number of aryl methyl sites for hydroxylation is 1. The third-order valence-electron chi connectivity index (χ3n) is 3.44. The van der Waals surface area contributed by atoms with E-state index in [0.29, 0.717) is 11.7 Å². The summed E-state index contributed by atoms with van der Waals surface area (Å²) in [5, 5.41) is 7.38. The van der Waals surface area contributed by atoms with Gasteiger partial charge < -0.3 is 14.6 Å². The van der Waals surface area contributed by atoms with Gasteiger partial charge in [-0.1, -0.05) is 28.9 Å². The first-order valence-electron chi connectivity index (χ1n) is 6.43. The molecule has 3 rings (SSSR count). The van der Waals surface area contributed by atoms with E-state index in [2.05, 4.69) is 21.5 Å². The number of ether oxygens (including phenoxy) is 1. The van der Waals surface area contributed by atoms with Crippen LogP contribution in [0.4, 0.5) is 0 Å². The van der Waals surface area contributed by atoms with Crippen LogP contribution < -0.4 is 5.32 Å². The first-order valence-corrected chi connectivity index (χ1v) is 6.43. The lowest BCUT2D eigenvalue weighted by molar-refractivity contribution is 0.116. The molecule has 1 aromatic carbocycles. The molecule has 0 aliphatic carbocycles. The molecule has 0 unspecified atom stereocenters. The molecule has 1 saturated heterocycles. The fourth-order valence-corrected chi connectivity index (χ4v) is 2.35. The Balaban J connectivity index is 1.80. The zero-order chi connectivity index (χ0) is 13.2. The van der Waals surface area contributed by atoms with Crippen molar-refractivity contribution in [3.05, 3.63) is 35.7 Å². The molecule has 2 aromatic rings. The zero-order valence-electron chi connectivity index (χ0n) is 11.1. The van der Waals surface area contributed by atoms with Crippen molar-refractivity contribution >= 4 is 0 Å². The van der Waals surface area contributed by atoms with Gasteiger partial charge in [0, 0.05) is 19.2 Å². The highest BCUT2D eigenvalue weighted by Gasteiger charge is 2.29. The highest BCUT2D eigenvalue weighted by molar-refractivity contribution is 5.55. The maximum absolute atomic E-state index is 5.36. The number of nitrogens with zero attached hydrogens (tertiary/aromatic N) is 2. The molecule has 1 aromatic heterocycles. The van der Waals surface area contributed by atoms with Crippen molar-refractivity contribution in [3.63, 3.8) is 0 Å². The van der Waals surface area contributed by atoms with Crippen LogP contribution in [0.3, 0.4) is 0 Å². The van der Waals surface area contributed by atoms with E-state index in [1.165, 1.54) is 5.56 Å². The van der Waals surface area contributed by atoms with Gasteiger partial charge in [0.2, 0.25) is 11.7 Å². The summed E-state index contributed by atoms with van der Waals surface area (Å²) < 4.78 is 10.7. The molecule has 0 amide bonds. The molecule has 1 aliphatic rings. The maximum Gasteiger partial charge on any atom is 0.244 e. The summed E-state index contributed by atoms with van der Waals surface area (Å²) in [7, 11) is 1.72. The monoisotopic (exact) mass is 259 g/mol. The Morgan fingerprint density at radius 2 is 2.32 bits per heavy atom. The molecule has 1 N–H and O–H groups in total. The van der Waals surface area contributed by atoms with E-state index >= 15 is 0 Å². The quantitative estimate of drug-likeness (QED) is 0.914. The van der Waals surface area contributed by atoms with Crippen molar-refractivity contribution in [2.24, 2.45) is 0 Å². The molecule has 19 heavy (non-hydrogen) atoms. The second-order valence-corrected chi connectivity index (χ2v) is 4.88. The molecule has 2 heterocycles. The summed E-state index contributed by atoms with van der Waals surface area (Å²) in [4.78, 5) is 4.48. The predicted octanol–water partition coefficient (Wildman–Crippen LogP) is 2.09. The zero-order valence-corrected chi connectivity index (χ0v) is 11.1. The number of aromatic nitrogens is 2. The first kappa shape index (κ1) is 12.3. The van der Waals surface area contributed by atoms with Crippen LogP contribution in [0.5, 0.6) is 0 Å². The van der Waals surface area contributed by atoms with Gasteiger partial charge in [0.25, 0.3) is 0 Å². The van der Waals surface area contributed by atoms with Crippen molar-refractivity contribution in [2.45, 2.75) is 25.5 Å². The topological polar surface area (TPSA) is 60.2 Å². The first-order chi connectivity index (χ1) is 9.26. The highest BCUT2D eigenvalue weighted by atomic mass is 16.5. The Hall–Kier alpha value is -1.72. The van der Waals surface area contributed by atoms with Crippen molar-refractivity contribution in [1.29, 1.82) is 0 Å². The fraction of sp³-hybridized carbons (Fsp3) is 0.429. The summed E-state index contributed by atoms with van der Waals surface area (Å²) in [5.74, 6) is 1.28. The predicted molar refractivity (Wildman–Crippen MR) is 70.6 cm³/mol. The minimum Gasteiger partial charge on any atom is -0.380 e. The smallest absolute Gasteiger partial charge is 0.244 e. The Labute approximate surface area is 112 Å². The lowest BCUT2D eigenvalue weighted by Crippen LogP contribution is -2.16. The third-order valence-corrected chi connectivity index (χ3v) is 3.44. The number of hydrogen-bond acceptors (Lipinski definition) is 5. The van der Waals surface area contributed by atoms with E-state index in [-0.39, 0.29) is 12.1 Å². The number of benzene rings is 1. The van der Waals surface area contributed by atoms with Gasteiger partial charge in [0.15, 0.2) is 0 Å². The second-order valence-electron chi connectivity index (χ2n) is 4.88. The van der Waals surface area contributed by atoms with Crippen molar-refractivity contribution in [1.82, 2.24) is 15.5 Å². The Morgan fingerprint density at radius 3 is 3.05 bits per heavy atom. The lowest BCUT2D eigenvalue weighted by atomic mass is 10.1. The van der Waals surface area contributed by atoms with Crippen molar-refractivity contribution in [3.8, 4) is 11.4 Å². The van der Waals surface area contributed by atoms with Gasteiger partial charge >= 0.3 is 0 Å². The van der Waals surface area contributed by atoms with Crippen LogP contribution in [0.1, 0.15) is 23.9 Å². The van der Waals surface area contributed by atoms with Crippen LogP contribution in [-0.4, -0.2) is 29.9 Å². The van der Waals surface area contributed by atoms with Crippen molar-refractivity contribution in [2.75, 3.05) is 13.7 Å². The number of nitrogens with one attached hydrogen (secondary N) is 1. The van der Waals surface area contributed by atoms with E-state index in [9.17, 15) is 0 Å². The minimum absolute atomic E-state index is 0.0935. The van der Waals surface area contributed by atoms with Gasteiger partial charge in [0.1, 0.15) is 0 Å². The molecule has 1 aliphatic heterocycles. The summed E-state index contributed by atoms with van der Waals surface area (Å²) in [6.07, 6.45) is 1.09. The average molecular weight is 259 g/mol. The summed E-state index contributed by atoms with van der Waals surface area (Å²) in [5.41, 5.74) is 2.17. The minimum atomic E-state index is 0.0935. The normalized spacial score (nSPS) is 22.8. The van der Waals surface area contributed by atoms with Crippen LogP contribution >= 0.6 is 0 Å². The Bertz CT molecular complexity index is 567. The van der Waals surface area contributed by atoms with Crippen molar-refractivity contribution < 1.29 is 9.26 Å². The molecule has 2 atom stereocenters. The molecule has 0 saturated carbocycles. The lowest BCUT2D eigenvalue weighted by Gasteiger charge is -2.04. The maximum atomic E-state index is 5.36. The standard InChI is InChI=1S/C14H17N3O2/c1-9-4-3-5-10(6-9)13-16-14(19-17-13)12-7-11(18-2)8-15-12/h3-6,11-12,15H,7-8H2,1-2H3/t11-,12+/m0/s1. The fourth-order valence-electron chi connectivity index (χ4n) is 2.35. The van der Waals surface area contributed by atoms with Gasteiger partial charge in [-0.15, -0.1) is 0 Å². The molecule has 5 nitrogen and oxygen atoms in total. The third kappa shape index (κ3) is 2.52. The number of rotatable bonds is 3. The largest absolute Gasteiger partial charge is 0.380 e. The van der Waals surface area contributed by atoms with Gasteiger partial charge in [-0.2, -0.15) is 4.98 Å². The van der Waals surface area contributed by atoms with Gasteiger partial charge in [-0.25, -0.2) is 0 Å². The van der Waals surface area contributed by atoms with Crippen LogP contribution in [0.15, 0.2) is 28.8 Å². The molecule has 1 fully saturated rings. The second kappa shape index (κ2) is 5.11. The van der Waals surface area contributed by atoms with Gasteiger partial charge in [-0.05, 0) is 19.4 Å². The number of methoxy groups -OCH3 is 1. The highest BCUT2D eigenvalue weighted by Crippen LogP contribution is 2.25. The molecular weight excluding hydrogens is 242 g/mol. The van der Waals surface area contributed by atoms with Gasteiger partial charge in [-0.3, -0.25) is 0 Å². The molecule has 0 bridgehead atoms. The van der Waals surface area contributed by atoms with E-state index in [4.69, 9.17) is 9.26 Å². The Kier molecular flexibility index (Phi) is 3.31. The van der Waals surface area contributed by atoms with E-state index in [0.717, 1.165) is 18.5 Å². The molecule has 5 heteroatoms. The van der Waals surface area contributed by atoms with Crippen LogP contribution in [-0.2, 0) is 4.74 Å². The molecule has 100 valence electrons. The Morgan fingerprint density at radius 1 is 1.42 bits per heavy atom. The van der Waals surface area contributed by atoms with E-state index in [1.807, 2.05) is 25.1 Å². The van der Waals surface area contributed by atoms with E-state index in [1.54, 1.807) is 7.11 Å². The SMILES string of the molecule is CO[C@@H]1CN[C@@H](c2nc(-c3cccc(C)c3)no2)C1. The van der Waals surface area contributed by atoms with Gasteiger partial charge in [0.05, 0.1) is 12.1 Å². The molecular formula is C14H17N3O2. The summed E-state index contributed by atoms with van der Waals surface area (Å²) >= 11 is 0. The average Bonchev–Trinajstić information content (AvgIpc) is 3.07. The molecule has 0 spiro atoms. The number of hydrogen-bond donors (Lipinski definition) is 1.